The molecular formula is C21H23N3O2. The van der Waals surface area contributed by atoms with Crippen molar-refractivity contribution >= 4 is 5.91 Å². The van der Waals surface area contributed by atoms with Crippen molar-refractivity contribution in [1.82, 2.24) is 14.5 Å². The van der Waals surface area contributed by atoms with Gasteiger partial charge in [-0.05, 0) is 42.3 Å². The molecule has 1 aromatic heterocycles. The fourth-order valence-corrected chi connectivity index (χ4v) is 2.82. The predicted octanol–water partition coefficient (Wildman–Crippen LogP) is 3.52. The van der Waals surface area contributed by atoms with E-state index in [1.165, 1.54) is 0 Å². The number of hydrogen-bond donors (Lipinski definition) is 0. The maximum Gasteiger partial charge on any atom is 0.253 e. The van der Waals surface area contributed by atoms with Gasteiger partial charge in [0, 0.05) is 38.1 Å². The van der Waals surface area contributed by atoms with Crippen molar-refractivity contribution in [3.05, 3.63) is 83.4 Å². The highest BCUT2D eigenvalue weighted by Crippen LogP contribution is 2.14. The highest BCUT2D eigenvalue weighted by atomic mass is 16.5. The van der Waals surface area contributed by atoms with Crippen LogP contribution in [-0.2, 0) is 13.1 Å². The normalized spacial score (nSPS) is 10.6. The van der Waals surface area contributed by atoms with E-state index in [4.69, 9.17) is 4.74 Å². The molecule has 5 nitrogen and oxygen atoms in total. The maximum absolute atomic E-state index is 12.6. The lowest BCUT2D eigenvalue weighted by Gasteiger charge is -2.18. The average Bonchev–Trinajstić information content (AvgIpc) is 3.07. The fraction of sp³-hybridized carbons (Fsp3) is 0.238. The third-order valence-corrected chi connectivity index (χ3v) is 4.40. The third kappa shape index (κ3) is 4.11. The number of hydrogen-bond acceptors (Lipinski definition) is 3. The zero-order valence-electron chi connectivity index (χ0n) is 15.3. The maximum atomic E-state index is 12.6. The van der Waals surface area contributed by atoms with Crippen LogP contribution in [0.15, 0.2) is 60.9 Å². The first-order valence-corrected chi connectivity index (χ1v) is 8.52. The molecule has 0 aliphatic heterocycles. The van der Waals surface area contributed by atoms with Crippen molar-refractivity contribution in [1.29, 1.82) is 0 Å². The molecular weight excluding hydrogens is 326 g/mol. The number of ether oxygens (including phenoxy) is 1. The Morgan fingerprint density at radius 1 is 1.08 bits per heavy atom. The Morgan fingerprint density at radius 3 is 2.31 bits per heavy atom. The second-order valence-corrected chi connectivity index (χ2v) is 6.31. The average molecular weight is 349 g/mol. The number of imidazole rings is 1. The number of nitrogens with zero attached hydrogens (tertiary/aromatic N) is 3. The largest absolute Gasteiger partial charge is 0.497 e. The Morgan fingerprint density at radius 2 is 1.73 bits per heavy atom. The SMILES string of the molecule is COc1ccc(CN(C)C(=O)c2ccc(Cn3ccnc3C)cc2)cc1. The van der Waals surface area contributed by atoms with Gasteiger partial charge in [0.25, 0.3) is 5.91 Å². The van der Waals surface area contributed by atoms with Gasteiger partial charge >= 0.3 is 0 Å². The third-order valence-electron chi connectivity index (χ3n) is 4.40. The first-order chi connectivity index (χ1) is 12.6. The summed E-state index contributed by atoms with van der Waals surface area (Å²) in [6.45, 7) is 3.28. The van der Waals surface area contributed by atoms with Gasteiger partial charge < -0.3 is 14.2 Å². The zero-order valence-corrected chi connectivity index (χ0v) is 15.3. The second kappa shape index (κ2) is 7.87. The molecule has 0 bridgehead atoms. The van der Waals surface area contributed by atoms with E-state index in [0.717, 1.165) is 29.2 Å². The second-order valence-electron chi connectivity index (χ2n) is 6.31. The van der Waals surface area contributed by atoms with Crippen molar-refractivity contribution in [2.75, 3.05) is 14.2 Å². The summed E-state index contributed by atoms with van der Waals surface area (Å²) in [5, 5.41) is 0. The fourth-order valence-electron chi connectivity index (χ4n) is 2.82. The molecule has 134 valence electrons. The number of methoxy groups -OCH3 is 1. The Bertz CT molecular complexity index is 867. The van der Waals surface area contributed by atoms with Crippen molar-refractivity contribution in [2.45, 2.75) is 20.0 Å². The molecule has 3 aromatic rings. The summed E-state index contributed by atoms with van der Waals surface area (Å²) in [6, 6.07) is 15.5. The van der Waals surface area contributed by atoms with Crippen LogP contribution >= 0.6 is 0 Å². The minimum atomic E-state index is 0.00572. The van der Waals surface area contributed by atoms with E-state index in [9.17, 15) is 4.79 Å². The quantitative estimate of drug-likeness (QED) is 0.684. The summed E-state index contributed by atoms with van der Waals surface area (Å²) in [7, 11) is 3.46. The monoisotopic (exact) mass is 349 g/mol. The number of carbonyl (C=O) groups excluding carboxylic acids is 1. The number of benzene rings is 2. The van der Waals surface area contributed by atoms with Crippen molar-refractivity contribution in [3.8, 4) is 5.75 Å². The number of amides is 1. The van der Waals surface area contributed by atoms with E-state index in [1.807, 2.05) is 68.7 Å². The number of carbonyl (C=O) groups is 1. The van der Waals surface area contributed by atoms with Gasteiger partial charge in [0.2, 0.25) is 0 Å². The summed E-state index contributed by atoms with van der Waals surface area (Å²) in [5.74, 6) is 1.79. The lowest BCUT2D eigenvalue weighted by molar-refractivity contribution is 0.0785. The van der Waals surface area contributed by atoms with Crippen LogP contribution in [0.3, 0.4) is 0 Å². The standard InChI is InChI=1S/C21H23N3O2/c1-16-22-12-13-24(16)15-18-4-8-19(9-5-18)21(25)23(2)14-17-6-10-20(26-3)11-7-17/h4-13H,14-15H2,1-3H3. The van der Waals surface area contributed by atoms with Crippen molar-refractivity contribution in [3.63, 3.8) is 0 Å². The summed E-state index contributed by atoms with van der Waals surface area (Å²) >= 11 is 0. The van der Waals surface area contributed by atoms with Gasteiger partial charge in [-0.3, -0.25) is 4.79 Å². The van der Waals surface area contributed by atoms with E-state index >= 15 is 0 Å². The molecule has 1 amide bonds. The van der Waals surface area contributed by atoms with Gasteiger partial charge in [-0.1, -0.05) is 24.3 Å². The zero-order chi connectivity index (χ0) is 18.5. The topological polar surface area (TPSA) is 47.4 Å². The summed E-state index contributed by atoms with van der Waals surface area (Å²) < 4.78 is 7.24. The molecule has 5 heteroatoms. The molecule has 0 atom stereocenters. The number of aromatic nitrogens is 2. The minimum Gasteiger partial charge on any atom is -0.497 e. The van der Waals surface area contributed by atoms with Crippen LogP contribution in [-0.4, -0.2) is 34.5 Å². The van der Waals surface area contributed by atoms with Crippen LogP contribution in [0.2, 0.25) is 0 Å². The van der Waals surface area contributed by atoms with E-state index in [1.54, 1.807) is 18.2 Å². The van der Waals surface area contributed by atoms with E-state index in [2.05, 4.69) is 9.55 Å². The molecule has 3 rings (SSSR count). The van der Waals surface area contributed by atoms with Gasteiger partial charge in [0.15, 0.2) is 0 Å². The van der Waals surface area contributed by atoms with E-state index < -0.39 is 0 Å². The Hall–Kier alpha value is -3.08. The molecule has 0 radical (unpaired) electrons. The van der Waals surface area contributed by atoms with Crippen LogP contribution in [0.1, 0.15) is 27.3 Å². The molecule has 0 fully saturated rings. The van der Waals surface area contributed by atoms with Gasteiger partial charge in [-0.2, -0.15) is 0 Å². The molecule has 1 heterocycles. The molecule has 2 aromatic carbocycles. The van der Waals surface area contributed by atoms with Crippen LogP contribution in [0.5, 0.6) is 5.75 Å². The van der Waals surface area contributed by atoms with Crippen molar-refractivity contribution in [2.24, 2.45) is 0 Å². The number of aryl methyl sites for hydroxylation is 1. The van der Waals surface area contributed by atoms with Gasteiger partial charge in [0.1, 0.15) is 11.6 Å². The molecule has 0 saturated heterocycles. The van der Waals surface area contributed by atoms with Gasteiger partial charge in [0.05, 0.1) is 7.11 Å². The summed E-state index contributed by atoms with van der Waals surface area (Å²) in [6.07, 6.45) is 3.75. The van der Waals surface area contributed by atoms with Crippen LogP contribution in [0, 0.1) is 6.92 Å². The van der Waals surface area contributed by atoms with Crippen molar-refractivity contribution < 1.29 is 9.53 Å². The van der Waals surface area contributed by atoms with E-state index in [-0.39, 0.29) is 5.91 Å². The molecule has 0 unspecified atom stereocenters. The molecule has 0 N–H and O–H groups in total. The van der Waals surface area contributed by atoms with E-state index in [0.29, 0.717) is 12.1 Å². The molecule has 0 saturated carbocycles. The minimum absolute atomic E-state index is 0.00572. The molecule has 26 heavy (non-hydrogen) atoms. The number of rotatable bonds is 6. The van der Waals surface area contributed by atoms with Crippen LogP contribution < -0.4 is 4.74 Å². The highest BCUT2D eigenvalue weighted by molar-refractivity contribution is 5.94. The lowest BCUT2D eigenvalue weighted by Crippen LogP contribution is -2.26. The lowest BCUT2D eigenvalue weighted by atomic mass is 10.1. The van der Waals surface area contributed by atoms with Crippen LogP contribution in [0.25, 0.3) is 0 Å². The Kier molecular flexibility index (Phi) is 5.37. The summed E-state index contributed by atoms with van der Waals surface area (Å²) in [5.41, 5.74) is 2.89. The Labute approximate surface area is 153 Å². The van der Waals surface area contributed by atoms with Gasteiger partial charge in [-0.15, -0.1) is 0 Å². The van der Waals surface area contributed by atoms with Gasteiger partial charge in [-0.25, -0.2) is 4.98 Å². The first kappa shape index (κ1) is 17.7. The molecule has 0 spiro atoms. The Balaban J connectivity index is 1.63. The molecule has 0 aliphatic carbocycles. The smallest absolute Gasteiger partial charge is 0.253 e. The highest BCUT2D eigenvalue weighted by Gasteiger charge is 2.12. The predicted molar refractivity (Wildman–Crippen MR) is 101 cm³/mol. The molecule has 0 aliphatic rings. The van der Waals surface area contributed by atoms with Crippen LogP contribution in [0.4, 0.5) is 0 Å². The summed E-state index contributed by atoms with van der Waals surface area (Å²) in [4.78, 5) is 18.6. The first-order valence-electron chi connectivity index (χ1n) is 8.52.